The maximum absolute atomic E-state index is 12.2. The molecule has 8 heteroatoms. The summed E-state index contributed by atoms with van der Waals surface area (Å²) in [6.45, 7) is 6.72. The standard InChI is InChI=1S/C16H23N3O5/c1-16(2,3)24-15(20)18-9-8-17-12(10-18)11-6-5-7-13(23-4)14(11)19(21)22/h5-7,12,17H,8-10H2,1-4H3. The van der Waals surface area contributed by atoms with Crippen LogP contribution >= 0.6 is 0 Å². The fraction of sp³-hybridized carbons (Fsp3) is 0.562. The van der Waals surface area contributed by atoms with Crippen molar-refractivity contribution in [3.63, 3.8) is 0 Å². The van der Waals surface area contributed by atoms with E-state index < -0.39 is 16.6 Å². The number of hydrogen-bond donors (Lipinski definition) is 1. The summed E-state index contributed by atoms with van der Waals surface area (Å²) < 4.78 is 10.5. The number of para-hydroxylation sites is 1. The van der Waals surface area contributed by atoms with E-state index in [2.05, 4.69) is 5.32 Å². The highest BCUT2D eigenvalue weighted by molar-refractivity contribution is 5.68. The molecule has 1 amide bonds. The van der Waals surface area contributed by atoms with Crippen LogP contribution in [0.5, 0.6) is 5.75 Å². The highest BCUT2D eigenvalue weighted by Gasteiger charge is 2.32. The molecule has 0 bridgehead atoms. The molecule has 0 radical (unpaired) electrons. The molecule has 1 saturated heterocycles. The van der Waals surface area contributed by atoms with Crippen molar-refractivity contribution < 1.29 is 19.2 Å². The minimum Gasteiger partial charge on any atom is -0.490 e. The van der Waals surface area contributed by atoms with Gasteiger partial charge in [-0.3, -0.25) is 10.1 Å². The molecule has 1 aliphatic heterocycles. The maximum Gasteiger partial charge on any atom is 0.410 e. The second kappa shape index (κ2) is 7.04. The summed E-state index contributed by atoms with van der Waals surface area (Å²) in [6.07, 6.45) is -0.417. The lowest BCUT2D eigenvalue weighted by Gasteiger charge is -2.34. The third-order valence-corrected chi connectivity index (χ3v) is 3.64. The highest BCUT2D eigenvalue weighted by Crippen LogP contribution is 2.35. The largest absolute Gasteiger partial charge is 0.490 e. The van der Waals surface area contributed by atoms with Gasteiger partial charge in [-0.05, 0) is 26.8 Å². The van der Waals surface area contributed by atoms with Crippen LogP contribution in [0.15, 0.2) is 18.2 Å². The van der Waals surface area contributed by atoms with Crippen LogP contribution in [-0.2, 0) is 4.74 Å². The van der Waals surface area contributed by atoms with Gasteiger partial charge in [0.15, 0.2) is 5.75 Å². The van der Waals surface area contributed by atoms with Crippen molar-refractivity contribution in [2.24, 2.45) is 0 Å². The Balaban J connectivity index is 2.24. The topological polar surface area (TPSA) is 93.9 Å². The second-order valence-electron chi connectivity index (χ2n) is 6.59. The Morgan fingerprint density at radius 2 is 2.12 bits per heavy atom. The molecule has 0 aromatic heterocycles. The lowest BCUT2D eigenvalue weighted by Crippen LogP contribution is -2.49. The van der Waals surface area contributed by atoms with Crippen molar-refractivity contribution in [3.05, 3.63) is 33.9 Å². The molecule has 1 atom stereocenters. The molecule has 2 rings (SSSR count). The molecule has 24 heavy (non-hydrogen) atoms. The van der Waals surface area contributed by atoms with E-state index in [0.29, 0.717) is 25.2 Å². The molecular weight excluding hydrogens is 314 g/mol. The van der Waals surface area contributed by atoms with Crippen molar-refractivity contribution in [3.8, 4) is 5.75 Å². The van der Waals surface area contributed by atoms with E-state index >= 15 is 0 Å². The molecule has 8 nitrogen and oxygen atoms in total. The van der Waals surface area contributed by atoms with Crippen molar-refractivity contribution in [1.29, 1.82) is 0 Å². The Labute approximate surface area is 140 Å². The van der Waals surface area contributed by atoms with Crippen LogP contribution in [0.3, 0.4) is 0 Å². The lowest BCUT2D eigenvalue weighted by atomic mass is 10.0. The van der Waals surface area contributed by atoms with Gasteiger partial charge in [-0.25, -0.2) is 4.79 Å². The third-order valence-electron chi connectivity index (χ3n) is 3.64. The zero-order valence-electron chi connectivity index (χ0n) is 14.4. The number of amides is 1. The summed E-state index contributed by atoms with van der Waals surface area (Å²) in [5.74, 6) is 0.202. The number of benzene rings is 1. The highest BCUT2D eigenvalue weighted by atomic mass is 16.6. The number of carbonyl (C=O) groups excluding carboxylic acids is 1. The van der Waals surface area contributed by atoms with Crippen molar-refractivity contribution >= 4 is 11.8 Å². The Morgan fingerprint density at radius 3 is 2.71 bits per heavy atom. The number of ether oxygens (including phenoxy) is 2. The molecule has 1 N–H and O–H groups in total. The quantitative estimate of drug-likeness (QED) is 0.673. The van der Waals surface area contributed by atoms with Gasteiger partial charge in [-0.2, -0.15) is 0 Å². The molecule has 0 spiro atoms. The molecular formula is C16H23N3O5. The summed E-state index contributed by atoms with van der Waals surface area (Å²) in [7, 11) is 1.40. The monoisotopic (exact) mass is 337 g/mol. The number of methoxy groups -OCH3 is 1. The normalized spacial score (nSPS) is 18.2. The van der Waals surface area contributed by atoms with Crippen LogP contribution in [0, 0.1) is 10.1 Å². The first-order valence-corrected chi connectivity index (χ1v) is 7.75. The number of hydrogen-bond acceptors (Lipinski definition) is 6. The van der Waals surface area contributed by atoms with Gasteiger partial charge >= 0.3 is 11.8 Å². The molecule has 1 aliphatic rings. The molecule has 0 saturated carbocycles. The molecule has 1 fully saturated rings. The Bertz CT molecular complexity index is 627. The predicted octanol–water partition coefficient (Wildman–Crippen LogP) is 2.48. The number of carbonyl (C=O) groups is 1. The average molecular weight is 337 g/mol. The summed E-state index contributed by atoms with van der Waals surface area (Å²) in [4.78, 5) is 24.8. The van der Waals surface area contributed by atoms with Crippen LogP contribution in [0.25, 0.3) is 0 Å². The molecule has 0 aliphatic carbocycles. The number of piperazine rings is 1. The zero-order valence-corrected chi connectivity index (χ0v) is 14.4. The average Bonchev–Trinajstić information content (AvgIpc) is 2.52. The van der Waals surface area contributed by atoms with Crippen LogP contribution in [0.4, 0.5) is 10.5 Å². The number of nitrogens with zero attached hydrogens (tertiary/aromatic N) is 2. The van der Waals surface area contributed by atoms with Crippen LogP contribution in [0.2, 0.25) is 0 Å². The first-order chi connectivity index (χ1) is 11.2. The fourth-order valence-electron chi connectivity index (χ4n) is 2.63. The van der Waals surface area contributed by atoms with Gasteiger partial charge in [0.1, 0.15) is 5.60 Å². The van der Waals surface area contributed by atoms with E-state index in [1.54, 1.807) is 43.9 Å². The maximum atomic E-state index is 12.2. The van der Waals surface area contributed by atoms with Gasteiger partial charge in [0.25, 0.3) is 0 Å². The smallest absolute Gasteiger partial charge is 0.410 e. The Kier molecular flexibility index (Phi) is 5.28. The first kappa shape index (κ1) is 18.0. The molecule has 132 valence electrons. The fourth-order valence-corrected chi connectivity index (χ4v) is 2.63. The van der Waals surface area contributed by atoms with Gasteiger partial charge in [0, 0.05) is 19.6 Å². The molecule has 1 heterocycles. The molecule has 1 aromatic rings. The van der Waals surface area contributed by atoms with E-state index in [4.69, 9.17) is 9.47 Å². The van der Waals surface area contributed by atoms with Crippen molar-refractivity contribution in [2.75, 3.05) is 26.7 Å². The lowest BCUT2D eigenvalue weighted by molar-refractivity contribution is -0.386. The van der Waals surface area contributed by atoms with Crippen molar-refractivity contribution in [1.82, 2.24) is 10.2 Å². The summed E-state index contributed by atoms with van der Waals surface area (Å²) in [6, 6.07) is 4.57. The summed E-state index contributed by atoms with van der Waals surface area (Å²) in [5, 5.41) is 14.7. The van der Waals surface area contributed by atoms with E-state index in [9.17, 15) is 14.9 Å². The Hall–Kier alpha value is -2.35. The minimum absolute atomic E-state index is 0.0801. The van der Waals surface area contributed by atoms with E-state index in [-0.39, 0.29) is 17.5 Å². The van der Waals surface area contributed by atoms with E-state index in [1.807, 2.05) is 0 Å². The molecule has 1 aromatic carbocycles. The summed E-state index contributed by atoms with van der Waals surface area (Å²) >= 11 is 0. The minimum atomic E-state index is -0.584. The number of nitro groups is 1. The SMILES string of the molecule is COc1cccc(C2CN(C(=O)OC(C)(C)C)CCN2)c1[N+](=O)[O-]. The Morgan fingerprint density at radius 1 is 1.42 bits per heavy atom. The van der Waals surface area contributed by atoms with Gasteiger partial charge in [-0.1, -0.05) is 12.1 Å². The molecule has 1 unspecified atom stereocenters. The van der Waals surface area contributed by atoms with Crippen molar-refractivity contribution in [2.45, 2.75) is 32.4 Å². The summed E-state index contributed by atoms with van der Waals surface area (Å²) in [5.41, 5.74) is -0.171. The van der Waals surface area contributed by atoms with Gasteiger partial charge in [0.05, 0.1) is 23.6 Å². The van der Waals surface area contributed by atoms with E-state index in [1.165, 1.54) is 7.11 Å². The van der Waals surface area contributed by atoms with Crippen LogP contribution < -0.4 is 10.1 Å². The van der Waals surface area contributed by atoms with E-state index in [0.717, 1.165) is 0 Å². The van der Waals surface area contributed by atoms with Gasteiger partial charge in [0.2, 0.25) is 0 Å². The number of rotatable bonds is 3. The number of nitro benzene ring substituents is 1. The zero-order chi connectivity index (χ0) is 17.9. The third kappa shape index (κ3) is 4.14. The van der Waals surface area contributed by atoms with Crippen LogP contribution in [0.1, 0.15) is 32.4 Å². The number of nitrogens with one attached hydrogen (secondary N) is 1. The second-order valence-corrected chi connectivity index (χ2v) is 6.59. The predicted molar refractivity (Wildman–Crippen MR) is 88.2 cm³/mol. The van der Waals surface area contributed by atoms with Gasteiger partial charge in [-0.15, -0.1) is 0 Å². The first-order valence-electron chi connectivity index (χ1n) is 7.75. The van der Waals surface area contributed by atoms with Gasteiger partial charge < -0.3 is 19.7 Å². The van der Waals surface area contributed by atoms with Crippen LogP contribution in [-0.4, -0.2) is 48.3 Å².